The van der Waals surface area contributed by atoms with Crippen molar-refractivity contribution in [3.05, 3.63) is 82.7 Å². The Labute approximate surface area is 193 Å². The number of thiophene rings is 1. The topological polar surface area (TPSA) is 78.5 Å². The van der Waals surface area contributed by atoms with E-state index in [-0.39, 0.29) is 10.1 Å². The van der Waals surface area contributed by atoms with Gasteiger partial charge in [0.25, 0.3) is 15.9 Å². The highest BCUT2D eigenvalue weighted by atomic mass is 32.2. The van der Waals surface area contributed by atoms with Crippen LogP contribution >= 0.6 is 11.3 Å². The van der Waals surface area contributed by atoms with Gasteiger partial charge in [-0.25, -0.2) is 8.42 Å². The first-order valence-corrected chi connectivity index (χ1v) is 13.1. The Bertz CT molecular complexity index is 1140. The summed E-state index contributed by atoms with van der Waals surface area (Å²) in [4.78, 5) is 15.1. The average Bonchev–Trinajstić information content (AvgIpc) is 3.36. The third-order valence-electron chi connectivity index (χ3n) is 5.56. The molecule has 2 heterocycles. The lowest BCUT2D eigenvalue weighted by molar-refractivity contribution is 0.0950. The van der Waals surface area contributed by atoms with Crippen LogP contribution in [0.4, 0.5) is 5.69 Å². The van der Waals surface area contributed by atoms with Gasteiger partial charge in [-0.05, 0) is 72.8 Å². The molecule has 0 saturated carbocycles. The summed E-state index contributed by atoms with van der Waals surface area (Å²) >= 11 is 1.16. The lowest BCUT2D eigenvalue weighted by atomic mass is 10.0. The lowest BCUT2D eigenvalue weighted by Crippen LogP contribution is -2.30. The molecule has 0 atom stereocenters. The molecule has 32 heavy (non-hydrogen) atoms. The van der Waals surface area contributed by atoms with E-state index in [1.165, 1.54) is 24.8 Å². The first-order chi connectivity index (χ1) is 15.5. The van der Waals surface area contributed by atoms with Crippen molar-refractivity contribution < 1.29 is 13.2 Å². The Balaban J connectivity index is 1.35. The molecule has 0 aliphatic carbocycles. The zero-order valence-corrected chi connectivity index (χ0v) is 19.4. The molecule has 6 nitrogen and oxygen atoms in total. The maximum atomic E-state index is 12.6. The van der Waals surface area contributed by atoms with E-state index in [4.69, 9.17) is 0 Å². The van der Waals surface area contributed by atoms with Crippen LogP contribution in [0.1, 0.15) is 40.7 Å². The number of hydrogen-bond donors (Lipinski definition) is 2. The molecular weight excluding hydrogens is 442 g/mol. The van der Waals surface area contributed by atoms with E-state index in [9.17, 15) is 13.2 Å². The van der Waals surface area contributed by atoms with Gasteiger partial charge in [-0.3, -0.25) is 14.4 Å². The summed E-state index contributed by atoms with van der Waals surface area (Å²) in [5.41, 5.74) is 3.26. The Morgan fingerprint density at radius 2 is 1.62 bits per heavy atom. The summed E-state index contributed by atoms with van der Waals surface area (Å²) in [5.74, 6) is -0.189. The molecule has 1 aromatic heterocycles. The standard InChI is InChI=1S/C24H27N3O3S2/c28-24(19-10-12-22(13-11-19)26-32(29,30)23-9-6-16-31-23)25-17-20-7-2-3-8-21(20)18-27-14-4-1-5-15-27/h2-3,6-13,16,26H,1,4-5,14-15,17-18H2,(H,25,28). The number of carbonyl (C=O) groups excluding carboxylic acids is 1. The molecule has 8 heteroatoms. The number of anilines is 1. The van der Waals surface area contributed by atoms with Crippen molar-refractivity contribution in [1.82, 2.24) is 10.2 Å². The maximum Gasteiger partial charge on any atom is 0.271 e. The van der Waals surface area contributed by atoms with Crippen LogP contribution in [-0.4, -0.2) is 32.3 Å². The maximum absolute atomic E-state index is 12.6. The number of rotatable bonds is 8. The van der Waals surface area contributed by atoms with Crippen LogP contribution in [0.3, 0.4) is 0 Å². The van der Waals surface area contributed by atoms with Crippen LogP contribution in [0, 0.1) is 0 Å². The highest BCUT2D eigenvalue weighted by Crippen LogP contribution is 2.21. The summed E-state index contributed by atoms with van der Waals surface area (Å²) in [7, 11) is -3.60. The molecule has 1 aliphatic heterocycles. The second kappa shape index (κ2) is 10.3. The van der Waals surface area contributed by atoms with Gasteiger partial charge in [0, 0.05) is 24.3 Å². The number of benzene rings is 2. The zero-order valence-electron chi connectivity index (χ0n) is 17.8. The van der Waals surface area contributed by atoms with Crippen LogP contribution in [-0.2, 0) is 23.1 Å². The molecule has 0 spiro atoms. The van der Waals surface area contributed by atoms with Gasteiger partial charge in [0.15, 0.2) is 0 Å². The van der Waals surface area contributed by atoms with E-state index in [1.54, 1.807) is 41.8 Å². The summed E-state index contributed by atoms with van der Waals surface area (Å²) in [6.07, 6.45) is 3.80. The summed E-state index contributed by atoms with van der Waals surface area (Å²) in [5, 5.41) is 4.70. The third-order valence-corrected chi connectivity index (χ3v) is 8.34. The van der Waals surface area contributed by atoms with Crippen LogP contribution < -0.4 is 10.0 Å². The van der Waals surface area contributed by atoms with Crippen molar-refractivity contribution in [2.45, 2.75) is 36.6 Å². The molecule has 2 aromatic carbocycles. The Hall–Kier alpha value is -2.68. The number of likely N-dealkylation sites (tertiary alicyclic amines) is 1. The minimum absolute atomic E-state index is 0.189. The fraction of sp³-hybridized carbons (Fsp3) is 0.292. The molecule has 0 unspecified atom stereocenters. The monoisotopic (exact) mass is 469 g/mol. The van der Waals surface area contributed by atoms with E-state index in [2.05, 4.69) is 27.1 Å². The fourth-order valence-corrected chi connectivity index (χ4v) is 5.88. The van der Waals surface area contributed by atoms with Crippen LogP contribution in [0.25, 0.3) is 0 Å². The Kier molecular flexibility index (Phi) is 7.24. The second-order valence-corrected chi connectivity index (χ2v) is 10.8. The van der Waals surface area contributed by atoms with Crippen molar-refractivity contribution in [2.75, 3.05) is 17.8 Å². The molecule has 1 amide bonds. The number of nitrogens with zero attached hydrogens (tertiary/aromatic N) is 1. The van der Waals surface area contributed by atoms with Crippen molar-refractivity contribution in [1.29, 1.82) is 0 Å². The molecule has 3 aromatic rings. The number of sulfonamides is 1. The number of nitrogens with one attached hydrogen (secondary N) is 2. The van der Waals surface area contributed by atoms with Gasteiger partial charge < -0.3 is 5.32 Å². The molecule has 2 N–H and O–H groups in total. The number of carbonyl (C=O) groups is 1. The first-order valence-electron chi connectivity index (χ1n) is 10.7. The highest BCUT2D eigenvalue weighted by Gasteiger charge is 2.16. The van der Waals surface area contributed by atoms with Gasteiger partial charge in [0.1, 0.15) is 4.21 Å². The second-order valence-electron chi connectivity index (χ2n) is 7.90. The van der Waals surface area contributed by atoms with E-state index >= 15 is 0 Å². The van der Waals surface area contributed by atoms with Gasteiger partial charge in [0.05, 0.1) is 0 Å². The Morgan fingerprint density at radius 1 is 0.906 bits per heavy atom. The molecule has 4 rings (SSSR count). The van der Waals surface area contributed by atoms with Gasteiger partial charge >= 0.3 is 0 Å². The summed E-state index contributed by atoms with van der Waals surface area (Å²) < 4.78 is 27.5. The highest BCUT2D eigenvalue weighted by molar-refractivity contribution is 7.94. The third kappa shape index (κ3) is 5.76. The average molecular weight is 470 g/mol. The zero-order chi connectivity index (χ0) is 22.4. The molecule has 168 valence electrons. The smallest absolute Gasteiger partial charge is 0.271 e. The van der Waals surface area contributed by atoms with Crippen LogP contribution in [0.2, 0.25) is 0 Å². The normalized spacial score (nSPS) is 14.8. The summed E-state index contributed by atoms with van der Waals surface area (Å²) in [6.45, 7) is 3.62. The lowest BCUT2D eigenvalue weighted by Gasteiger charge is -2.27. The van der Waals surface area contributed by atoms with E-state index in [0.717, 1.165) is 36.5 Å². The molecule has 1 saturated heterocycles. The van der Waals surface area contributed by atoms with Gasteiger partial charge in [-0.15, -0.1) is 11.3 Å². The van der Waals surface area contributed by atoms with Crippen LogP contribution in [0.5, 0.6) is 0 Å². The quantitative estimate of drug-likeness (QED) is 0.510. The number of piperidine rings is 1. The molecule has 0 radical (unpaired) electrons. The van der Waals surface area contributed by atoms with Gasteiger partial charge in [-0.2, -0.15) is 0 Å². The summed E-state index contributed by atoms with van der Waals surface area (Å²) in [6, 6.07) is 17.9. The molecule has 0 bridgehead atoms. The van der Waals surface area contributed by atoms with Crippen molar-refractivity contribution in [3.63, 3.8) is 0 Å². The van der Waals surface area contributed by atoms with E-state index in [1.807, 2.05) is 12.1 Å². The minimum Gasteiger partial charge on any atom is -0.348 e. The largest absolute Gasteiger partial charge is 0.348 e. The van der Waals surface area contributed by atoms with Crippen molar-refractivity contribution >= 4 is 33.0 Å². The van der Waals surface area contributed by atoms with Crippen molar-refractivity contribution in [2.24, 2.45) is 0 Å². The molecular formula is C24H27N3O3S2. The SMILES string of the molecule is O=C(NCc1ccccc1CN1CCCCC1)c1ccc(NS(=O)(=O)c2cccs2)cc1. The molecule has 1 fully saturated rings. The minimum atomic E-state index is -3.60. The van der Waals surface area contributed by atoms with E-state index in [0.29, 0.717) is 17.8 Å². The first kappa shape index (κ1) is 22.5. The van der Waals surface area contributed by atoms with Crippen molar-refractivity contribution in [3.8, 4) is 0 Å². The predicted molar refractivity (Wildman–Crippen MR) is 128 cm³/mol. The van der Waals surface area contributed by atoms with Gasteiger partial charge in [-0.1, -0.05) is 36.8 Å². The Morgan fingerprint density at radius 3 is 2.31 bits per heavy atom. The van der Waals surface area contributed by atoms with Gasteiger partial charge in [0.2, 0.25) is 0 Å². The van der Waals surface area contributed by atoms with E-state index < -0.39 is 10.0 Å². The predicted octanol–water partition coefficient (Wildman–Crippen LogP) is 4.46. The number of hydrogen-bond acceptors (Lipinski definition) is 5. The molecule has 1 aliphatic rings. The number of amides is 1. The van der Waals surface area contributed by atoms with Crippen LogP contribution in [0.15, 0.2) is 70.3 Å². The fourth-order valence-electron chi connectivity index (χ4n) is 3.83.